The summed E-state index contributed by atoms with van der Waals surface area (Å²) in [4.78, 5) is 14.9. The van der Waals surface area contributed by atoms with Gasteiger partial charge in [-0.3, -0.25) is 9.48 Å². The molecule has 4 rings (SSSR count). The summed E-state index contributed by atoms with van der Waals surface area (Å²) < 4.78 is 1.77. The Kier molecular flexibility index (Phi) is 4.66. The lowest BCUT2D eigenvalue weighted by Gasteiger charge is -2.31. The molecule has 142 valence electrons. The normalized spacial score (nSPS) is 15.5. The van der Waals surface area contributed by atoms with E-state index in [0.29, 0.717) is 30.0 Å². The first-order chi connectivity index (χ1) is 14.0. The molecule has 0 aliphatic carbocycles. The van der Waals surface area contributed by atoms with Crippen molar-refractivity contribution >= 4 is 5.91 Å². The molecule has 0 spiro atoms. The molecule has 1 amide bonds. The van der Waals surface area contributed by atoms with Crippen LogP contribution in [0.2, 0.25) is 0 Å². The molecule has 0 N–H and O–H groups in total. The van der Waals surface area contributed by atoms with E-state index >= 15 is 0 Å². The van der Waals surface area contributed by atoms with Crippen molar-refractivity contribution in [3.63, 3.8) is 0 Å². The fourth-order valence-corrected chi connectivity index (χ4v) is 3.70. The smallest absolute Gasteiger partial charge is 0.272 e. The van der Waals surface area contributed by atoms with Crippen LogP contribution in [0.15, 0.2) is 48.5 Å². The highest BCUT2D eigenvalue weighted by Gasteiger charge is 2.31. The van der Waals surface area contributed by atoms with Crippen molar-refractivity contribution in [3.05, 3.63) is 76.5 Å². The fraction of sp³-hybridized carbons (Fsp3) is 0.208. The molecular weight excluding hydrogens is 360 g/mol. The molecule has 1 unspecified atom stereocenters. The molecule has 1 aliphatic heterocycles. The van der Waals surface area contributed by atoms with Gasteiger partial charge in [0, 0.05) is 24.2 Å². The van der Waals surface area contributed by atoms with Crippen molar-refractivity contribution in [2.75, 3.05) is 6.54 Å². The number of amides is 1. The second-order valence-corrected chi connectivity index (χ2v) is 7.40. The molecule has 29 heavy (non-hydrogen) atoms. The molecule has 0 saturated heterocycles. The third-order valence-corrected chi connectivity index (χ3v) is 5.21. The van der Waals surface area contributed by atoms with Crippen LogP contribution in [0.5, 0.6) is 0 Å². The summed E-state index contributed by atoms with van der Waals surface area (Å²) >= 11 is 0. The molecule has 5 heteroatoms. The summed E-state index contributed by atoms with van der Waals surface area (Å²) in [5.41, 5.74) is 5.37. The van der Waals surface area contributed by atoms with Gasteiger partial charge in [-0.2, -0.15) is 10.4 Å². The van der Waals surface area contributed by atoms with Crippen LogP contribution < -0.4 is 0 Å². The number of carbonyl (C=O) groups excluding carboxylic acids is 1. The Balaban J connectivity index is 1.65. The lowest BCUT2D eigenvalue weighted by molar-refractivity contribution is 0.0651. The number of rotatable bonds is 3. The first kappa shape index (κ1) is 18.5. The van der Waals surface area contributed by atoms with E-state index in [4.69, 9.17) is 6.42 Å². The van der Waals surface area contributed by atoms with Crippen LogP contribution in [0.4, 0.5) is 0 Å². The topological polar surface area (TPSA) is 61.9 Å². The Morgan fingerprint density at radius 2 is 1.97 bits per heavy atom. The molecule has 1 atom stereocenters. The van der Waals surface area contributed by atoms with Crippen molar-refractivity contribution in [2.24, 2.45) is 0 Å². The minimum absolute atomic E-state index is 0.0393. The van der Waals surface area contributed by atoms with Crippen molar-refractivity contribution < 1.29 is 4.79 Å². The SMILES string of the molecule is C#Cc1ccc(CN2CC(C)n3nc(-c4ccc(C)cc4C#N)cc3C2=O)cc1. The highest BCUT2D eigenvalue weighted by atomic mass is 16.2. The maximum atomic E-state index is 13.1. The molecule has 1 aromatic heterocycles. The Morgan fingerprint density at radius 1 is 1.21 bits per heavy atom. The molecular formula is C24H20N4O. The summed E-state index contributed by atoms with van der Waals surface area (Å²) in [5, 5.41) is 14.1. The van der Waals surface area contributed by atoms with E-state index in [1.165, 1.54) is 0 Å². The van der Waals surface area contributed by atoms with E-state index in [9.17, 15) is 10.1 Å². The van der Waals surface area contributed by atoms with Crippen LogP contribution in [0, 0.1) is 30.6 Å². The number of nitriles is 1. The van der Waals surface area contributed by atoms with Crippen molar-refractivity contribution in [3.8, 4) is 29.7 Å². The Labute approximate surface area is 170 Å². The van der Waals surface area contributed by atoms with Crippen LogP contribution in [-0.4, -0.2) is 27.1 Å². The Morgan fingerprint density at radius 3 is 2.66 bits per heavy atom. The number of hydrogen-bond acceptors (Lipinski definition) is 3. The molecule has 0 saturated carbocycles. The van der Waals surface area contributed by atoms with Crippen LogP contribution in [0.25, 0.3) is 11.3 Å². The lowest BCUT2D eigenvalue weighted by Crippen LogP contribution is -2.41. The lowest BCUT2D eigenvalue weighted by atomic mass is 10.0. The Hall–Kier alpha value is -3.83. The number of carbonyl (C=O) groups is 1. The van der Waals surface area contributed by atoms with Gasteiger partial charge in [0.25, 0.3) is 5.91 Å². The molecule has 2 heterocycles. The molecule has 1 aliphatic rings. The summed E-state index contributed by atoms with van der Waals surface area (Å²) in [6, 6.07) is 17.4. The summed E-state index contributed by atoms with van der Waals surface area (Å²) in [7, 11) is 0. The number of benzene rings is 2. The highest BCUT2D eigenvalue weighted by molar-refractivity contribution is 5.94. The molecule has 3 aromatic rings. The fourth-order valence-electron chi connectivity index (χ4n) is 3.70. The van der Waals surface area contributed by atoms with Gasteiger partial charge in [0.1, 0.15) is 5.69 Å². The number of fused-ring (bicyclic) bond motifs is 1. The summed E-state index contributed by atoms with van der Waals surface area (Å²) in [6.45, 7) is 5.08. The summed E-state index contributed by atoms with van der Waals surface area (Å²) in [5.74, 6) is 2.54. The molecule has 0 fully saturated rings. The first-order valence-electron chi connectivity index (χ1n) is 9.45. The second kappa shape index (κ2) is 7.30. The van der Waals surface area contributed by atoms with Gasteiger partial charge in [0.05, 0.1) is 23.4 Å². The quantitative estimate of drug-likeness (QED) is 0.647. The van der Waals surface area contributed by atoms with Crippen molar-refractivity contribution in [1.82, 2.24) is 14.7 Å². The van der Waals surface area contributed by atoms with E-state index < -0.39 is 0 Å². The molecule has 0 radical (unpaired) electrons. The zero-order chi connectivity index (χ0) is 20.5. The number of nitrogens with zero attached hydrogens (tertiary/aromatic N) is 4. The van der Waals surface area contributed by atoms with E-state index in [0.717, 1.165) is 22.3 Å². The maximum absolute atomic E-state index is 13.1. The van der Waals surface area contributed by atoms with E-state index in [1.54, 1.807) is 10.7 Å². The Bertz CT molecular complexity index is 1180. The van der Waals surface area contributed by atoms with Gasteiger partial charge in [0.2, 0.25) is 0 Å². The maximum Gasteiger partial charge on any atom is 0.272 e. The highest BCUT2D eigenvalue weighted by Crippen LogP contribution is 2.29. The average Bonchev–Trinajstić information content (AvgIpc) is 3.18. The minimum atomic E-state index is -0.0616. The van der Waals surface area contributed by atoms with Crippen LogP contribution in [0.1, 0.15) is 45.7 Å². The van der Waals surface area contributed by atoms with Crippen molar-refractivity contribution in [2.45, 2.75) is 26.4 Å². The third kappa shape index (κ3) is 3.39. The van der Waals surface area contributed by atoms with Gasteiger partial charge in [-0.05, 0) is 49.2 Å². The van der Waals surface area contributed by atoms with E-state index in [-0.39, 0.29) is 11.9 Å². The number of aromatic nitrogens is 2. The third-order valence-electron chi connectivity index (χ3n) is 5.21. The monoisotopic (exact) mass is 380 g/mol. The first-order valence-corrected chi connectivity index (χ1v) is 9.45. The van der Waals surface area contributed by atoms with Gasteiger partial charge >= 0.3 is 0 Å². The number of aryl methyl sites for hydroxylation is 1. The van der Waals surface area contributed by atoms with Gasteiger partial charge < -0.3 is 4.90 Å². The van der Waals surface area contributed by atoms with Gasteiger partial charge in [0.15, 0.2) is 0 Å². The van der Waals surface area contributed by atoms with E-state index in [2.05, 4.69) is 17.1 Å². The average molecular weight is 380 g/mol. The molecule has 5 nitrogen and oxygen atoms in total. The van der Waals surface area contributed by atoms with Crippen molar-refractivity contribution in [1.29, 1.82) is 5.26 Å². The van der Waals surface area contributed by atoms with Gasteiger partial charge in [-0.25, -0.2) is 0 Å². The zero-order valence-corrected chi connectivity index (χ0v) is 16.4. The molecule has 2 aromatic carbocycles. The van der Waals surface area contributed by atoms with Crippen LogP contribution >= 0.6 is 0 Å². The van der Waals surface area contributed by atoms with Gasteiger partial charge in [-0.15, -0.1) is 6.42 Å². The molecule has 0 bridgehead atoms. The van der Waals surface area contributed by atoms with Crippen LogP contribution in [-0.2, 0) is 6.54 Å². The van der Waals surface area contributed by atoms with Crippen LogP contribution in [0.3, 0.4) is 0 Å². The van der Waals surface area contributed by atoms with Gasteiger partial charge in [-0.1, -0.05) is 30.2 Å². The second-order valence-electron chi connectivity index (χ2n) is 7.40. The largest absolute Gasteiger partial charge is 0.331 e. The zero-order valence-electron chi connectivity index (χ0n) is 16.4. The predicted octanol–water partition coefficient (Wildman–Crippen LogP) is 3.93. The predicted molar refractivity (Wildman–Crippen MR) is 111 cm³/mol. The summed E-state index contributed by atoms with van der Waals surface area (Å²) in [6.07, 6.45) is 5.41. The minimum Gasteiger partial charge on any atom is -0.331 e. The van der Waals surface area contributed by atoms with E-state index in [1.807, 2.05) is 61.2 Å². The standard InChI is InChI=1S/C24H20N4O/c1-4-18-6-8-19(9-7-18)15-27-14-17(3)28-23(24(27)29)12-22(26-28)21-10-5-16(2)11-20(21)13-25/h1,5-12,17H,14-15H2,2-3H3. The number of hydrogen-bond donors (Lipinski definition) is 0. The number of terminal acetylenes is 1.